The molecule has 3 aromatic rings. The number of β-amino-alcohol motifs (C(OH)–C–C–N with tert-alkyl or cyclic N) is 1. The molecular formula is C29H37Cl2N7O5S. The van der Waals surface area contributed by atoms with E-state index in [0.29, 0.717) is 63.9 Å². The molecule has 238 valence electrons. The number of aliphatic hydroxyl groups is 1. The number of ketones is 1. The number of anilines is 2. The Bertz CT molecular complexity index is 1460. The number of hydrogen-bond donors (Lipinski definition) is 2. The lowest BCUT2D eigenvalue weighted by Gasteiger charge is -2.37. The van der Waals surface area contributed by atoms with E-state index in [1.54, 1.807) is 33.4 Å². The molecule has 2 aliphatic rings. The van der Waals surface area contributed by atoms with Gasteiger partial charge in [0.1, 0.15) is 27.8 Å². The number of halogens is 2. The summed E-state index contributed by atoms with van der Waals surface area (Å²) in [6.07, 6.45) is 4.05. The zero-order chi connectivity index (χ0) is 31.4. The summed E-state index contributed by atoms with van der Waals surface area (Å²) in [7, 11) is 1.63. The van der Waals surface area contributed by atoms with E-state index in [2.05, 4.69) is 29.7 Å². The van der Waals surface area contributed by atoms with Gasteiger partial charge in [0.2, 0.25) is 0 Å². The van der Waals surface area contributed by atoms with Crippen molar-refractivity contribution in [1.29, 1.82) is 0 Å². The van der Waals surface area contributed by atoms with Gasteiger partial charge in [0.05, 0.1) is 41.8 Å². The largest absolute Gasteiger partial charge is 0.462 e. The van der Waals surface area contributed by atoms with E-state index in [0.717, 1.165) is 32.0 Å². The van der Waals surface area contributed by atoms with Crippen LogP contribution < -0.4 is 9.80 Å². The van der Waals surface area contributed by atoms with Gasteiger partial charge >= 0.3 is 5.97 Å². The number of rotatable bonds is 11. The summed E-state index contributed by atoms with van der Waals surface area (Å²) >= 11 is 13.7. The molecule has 0 aliphatic carbocycles. The van der Waals surface area contributed by atoms with Gasteiger partial charge in [-0.15, -0.1) is 0 Å². The highest BCUT2D eigenvalue weighted by Crippen LogP contribution is 2.37. The number of carbonyl (C=O) groups is 2. The smallest absolute Gasteiger partial charge is 0.350 e. The number of H-pyrrole nitrogens is 1. The quantitative estimate of drug-likeness (QED) is 0.227. The predicted octanol–water partition coefficient (Wildman–Crippen LogP) is 3.95. The number of carbonyl (C=O) groups excluding carboxylic acids is 2. The number of aromatic amines is 1. The Morgan fingerprint density at radius 2 is 1.89 bits per heavy atom. The van der Waals surface area contributed by atoms with Crippen LogP contribution in [0.4, 0.5) is 10.9 Å². The first kappa shape index (κ1) is 32.6. The molecule has 0 radical (unpaired) electrons. The lowest BCUT2D eigenvalue weighted by Crippen LogP contribution is -2.47. The van der Waals surface area contributed by atoms with Crippen molar-refractivity contribution in [2.24, 2.45) is 5.92 Å². The summed E-state index contributed by atoms with van der Waals surface area (Å²) in [5.74, 6) is 0.150. The first-order valence-electron chi connectivity index (χ1n) is 14.7. The van der Waals surface area contributed by atoms with E-state index in [1.807, 2.05) is 0 Å². The highest BCUT2D eigenvalue weighted by molar-refractivity contribution is 7.17. The van der Waals surface area contributed by atoms with Gasteiger partial charge < -0.3 is 29.4 Å². The van der Waals surface area contributed by atoms with Crippen molar-refractivity contribution in [3.8, 4) is 11.4 Å². The van der Waals surface area contributed by atoms with Gasteiger partial charge in [0, 0.05) is 65.0 Å². The molecule has 2 aliphatic heterocycles. The molecule has 0 saturated carbocycles. The molecule has 0 amide bonds. The predicted molar refractivity (Wildman–Crippen MR) is 170 cm³/mol. The van der Waals surface area contributed by atoms with Gasteiger partial charge in [0.25, 0.3) is 0 Å². The fourth-order valence-electron chi connectivity index (χ4n) is 5.64. The normalized spacial score (nSPS) is 19.4. The Hall–Kier alpha value is -2.81. The number of aliphatic hydroxyl groups excluding tert-OH is 1. The maximum atomic E-state index is 13.1. The summed E-state index contributed by atoms with van der Waals surface area (Å²) < 4.78 is 11.2. The highest BCUT2D eigenvalue weighted by atomic mass is 35.5. The van der Waals surface area contributed by atoms with Crippen molar-refractivity contribution in [2.75, 3.05) is 75.9 Å². The standard InChI is InChI=1S/C29H37Cl2N7O5S/c1-4-43-28(41)27-25(19-14-33-22(15-32-19)37-9-7-36(8-10-37)11-12-39)35-29(44-27)38-6-5-18(21(16-38)42-3)13-20(40)26-24(31)23(30)17(2)34-26/h14-15,18,21,34,39H,4-13,16H2,1-3H3/t18-,21-/m0/s1. The fourth-order valence-corrected chi connectivity index (χ4v) is 7.08. The van der Waals surface area contributed by atoms with Crippen LogP contribution in [-0.2, 0) is 9.47 Å². The zero-order valence-corrected chi connectivity index (χ0v) is 27.3. The summed E-state index contributed by atoms with van der Waals surface area (Å²) in [6, 6.07) is 0. The monoisotopic (exact) mass is 665 g/mol. The molecular weight excluding hydrogens is 629 g/mol. The number of esters is 1. The number of hydrogen-bond acceptors (Lipinski definition) is 12. The fraction of sp³-hybridized carbons (Fsp3) is 0.552. The van der Waals surface area contributed by atoms with Crippen LogP contribution in [0.15, 0.2) is 12.4 Å². The molecule has 5 heterocycles. The number of nitrogens with one attached hydrogen (secondary N) is 1. The maximum absolute atomic E-state index is 13.1. The molecule has 2 fully saturated rings. The second kappa shape index (κ2) is 14.5. The average molecular weight is 667 g/mol. The van der Waals surface area contributed by atoms with Gasteiger partial charge in [0.15, 0.2) is 10.9 Å². The first-order valence-corrected chi connectivity index (χ1v) is 16.2. The van der Waals surface area contributed by atoms with Crippen molar-refractivity contribution < 1.29 is 24.2 Å². The van der Waals surface area contributed by atoms with Gasteiger partial charge in [-0.2, -0.15) is 0 Å². The molecule has 0 bridgehead atoms. The number of nitrogens with zero attached hydrogens (tertiary/aromatic N) is 6. The molecule has 2 N–H and O–H groups in total. The highest BCUT2D eigenvalue weighted by Gasteiger charge is 2.34. The number of piperidine rings is 1. The van der Waals surface area contributed by atoms with Crippen LogP contribution in [0, 0.1) is 12.8 Å². The third-order valence-corrected chi connectivity index (χ3v) is 10.2. The Morgan fingerprint density at radius 3 is 2.50 bits per heavy atom. The van der Waals surface area contributed by atoms with E-state index in [9.17, 15) is 14.7 Å². The molecule has 2 saturated heterocycles. The molecule has 3 aromatic heterocycles. The summed E-state index contributed by atoms with van der Waals surface area (Å²) in [6.45, 7) is 8.96. The number of piperazine rings is 1. The van der Waals surface area contributed by atoms with E-state index in [1.165, 1.54) is 11.3 Å². The maximum Gasteiger partial charge on any atom is 0.350 e. The molecule has 44 heavy (non-hydrogen) atoms. The van der Waals surface area contributed by atoms with Crippen LogP contribution in [0.2, 0.25) is 10.0 Å². The molecule has 0 spiro atoms. The van der Waals surface area contributed by atoms with Gasteiger partial charge in [-0.1, -0.05) is 34.5 Å². The second-order valence-corrected chi connectivity index (χ2v) is 12.6. The number of aryl methyl sites for hydroxylation is 1. The Balaban J connectivity index is 1.31. The minimum atomic E-state index is -0.460. The Labute approximate surface area is 270 Å². The van der Waals surface area contributed by atoms with Crippen molar-refractivity contribution >= 4 is 57.2 Å². The Kier molecular flexibility index (Phi) is 10.8. The first-order chi connectivity index (χ1) is 21.2. The van der Waals surface area contributed by atoms with E-state index >= 15 is 0 Å². The minimum absolute atomic E-state index is 0.0323. The van der Waals surface area contributed by atoms with E-state index in [-0.39, 0.29) is 42.5 Å². The number of thiazole rings is 1. The molecule has 12 nitrogen and oxygen atoms in total. The SMILES string of the molecule is CCOC(=O)c1sc(N2CC[C@@H](CC(=O)c3[nH]c(C)c(Cl)c3Cl)[C@@H](OC)C2)nc1-c1cnc(N2CCN(CCO)CC2)cn1. The number of Topliss-reactive ketones (excluding diaryl/α,β-unsaturated/α-hetero) is 1. The van der Waals surface area contributed by atoms with Crippen molar-refractivity contribution in [3.63, 3.8) is 0 Å². The Morgan fingerprint density at radius 1 is 1.11 bits per heavy atom. The molecule has 15 heteroatoms. The van der Waals surface area contributed by atoms with E-state index < -0.39 is 5.97 Å². The number of aromatic nitrogens is 4. The molecule has 2 atom stereocenters. The third kappa shape index (κ3) is 7.03. The number of ether oxygens (including phenoxy) is 2. The lowest BCUT2D eigenvalue weighted by atomic mass is 9.88. The van der Waals surface area contributed by atoms with Crippen LogP contribution in [0.25, 0.3) is 11.4 Å². The van der Waals surface area contributed by atoms with Crippen molar-refractivity contribution in [2.45, 2.75) is 32.8 Å². The van der Waals surface area contributed by atoms with Crippen LogP contribution >= 0.6 is 34.5 Å². The van der Waals surface area contributed by atoms with Crippen LogP contribution in [0.1, 0.15) is 45.6 Å². The van der Waals surface area contributed by atoms with Gasteiger partial charge in [-0.25, -0.2) is 19.7 Å². The molecule has 0 unspecified atom stereocenters. The molecule has 0 aromatic carbocycles. The summed E-state index contributed by atoms with van der Waals surface area (Å²) in [4.78, 5) is 50.0. The van der Waals surface area contributed by atoms with Crippen LogP contribution in [0.5, 0.6) is 0 Å². The summed E-state index contributed by atoms with van der Waals surface area (Å²) in [5.41, 5.74) is 1.90. The third-order valence-electron chi connectivity index (χ3n) is 8.12. The van der Waals surface area contributed by atoms with Gasteiger partial charge in [-0.05, 0) is 26.2 Å². The average Bonchev–Trinajstić information content (AvgIpc) is 3.59. The van der Waals surface area contributed by atoms with Crippen LogP contribution in [0.3, 0.4) is 0 Å². The van der Waals surface area contributed by atoms with Crippen LogP contribution in [-0.4, -0.2) is 114 Å². The minimum Gasteiger partial charge on any atom is -0.462 e. The zero-order valence-electron chi connectivity index (χ0n) is 25.0. The van der Waals surface area contributed by atoms with Crippen molar-refractivity contribution in [3.05, 3.63) is 38.7 Å². The summed E-state index contributed by atoms with van der Waals surface area (Å²) in [5, 5.41) is 10.5. The topological polar surface area (TPSA) is 137 Å². The number of methoxy groups -OCH3 is 1. The molecule has 5 rings (SSSR count). The van der Waals surface area contributed by atoms with Gasteiger partial charge in [-0.3, -0.25) is 9.69 Å². The van der Waals surface area contributed by atoms with E-state index in [4.69, 9.17) is 37.7 Å². The second-order valence-electron chi connectivity index (χ2n) is 10.9. The van der Waals surface area contributed by atoms with Crippen molar-refractivity contribution in [1.82, 2.24) is 24.8 Å². The lowest BCUT2D eigenvalue weighted by molar-refractivity contribution is 0.0375.